The van der Waals surface area contributed by atoms with E-state index in [0.29, 0.717) is 6.42 Å². The number of aliphatic carboxylic acids is 1. The summed E-state index contributed by atoms with van der Waals surface area (Å²) in [6.07, 6.45) is 0.542. The second kappa shape index (κ2) is 4.29. The van der Waals surface area contributed by atoms with E-state index in [1.54, 1.807) is 6.92 Å². The van der Waals surface area contributed by atoms with Crippen LogP contribution in [0.1, 0.15) is 19.8 Å². The molecule has 4 nitrogen and oxygen atoms in total. The first-order valence-corrected chi connectivity index (χ1v) is 2.78. The van der Waals surface area contributed by atoms with Gasteiger partial charge in [-0.1, -0.05) is 0 Å². The van der Waals surface area contributed by atoms with Crippen molar-refractivity contribution in [3.63, 3.8) is 0 Å². The van der Waals surface area contributed by atoms with Gasteiger partial charge in [-0.25, -0.2) is 5.48 Å². The summed E-state index contributed by atoms with van der Waals surface area (Å²) in [5, 5.41) is 16.4. The second-order valence-corrected chi connectivity index (χ2v) is 1.96. The summed E-state index contributed by atoms with van der Waals surface area (Å²) in [6.45, 7) is 1.71. The van der Waals surface area contributed by atoms with Crippen LogP contribution >= 0.6 is 0 Å². The van der Waals surface area contributed by atoms with Crippen molar-refractivity contribution in [1.29, 1.82) is 0 Å². The average molecular weight is 133 g/mol. The quantitative estimate of drug-likeness (QED) is 0.480. The normalized spacial score (nSPS) is 13.1. The number of hydrogen-bond donors (Lipinski definition) is 3. The lowest BCUT2D eigenvalue weighted by Crippen LogP contribution is -2.22. The van der Waals surface area contributed by atoms with Crippen molar-refractivity contribution in [2.45, 2.75) is 25.8 Å². The van der Waals surface area contributed by atoms with Crippen molar-refractivity contribution in [1.82, 2.24) is 5.48 Å². The highest BCUT2D eigenvalue weighted by atomic mass is 16.5. The molecule has 0 bridgehead atoms. The van der Waals surface area contributed by atoms with E-state index in [-0.39, 0.29) is 12.5 Å². The number of carboxylic acids is 1. The van der Waals surface area contributed by atoms with E-state index in [1.807, 2.05) is 5.48 Å². The summed E-state index contributed by atoms with van der Waals surface area (Å²) in [7, 11) is 0. The van der Waals surface area contributed by atoms with E-state index in [1.165, 1.54) is 0 Å². The van der Waals surface area contributed by atoms with E-state index in [0.717, 1.165) is 0 Å². The van der Waals surface area contributed by atoms with E-state index in [2.05, 4.69) is 0 Å². The van der Waals surface area contributed by atoms with Crippen LogP contribution in [0, 0.1) is 0 Å². The van der Waals surface area contributed by atoms with Crippen LogP contribution in [0.4, 0.5) is 0 Å². The number of hydroxylamine groups is 1. The molecule has 0 aromatic carbocycles. The van der Waals surface area contributed by atoms with Gasteiger partial charge in [-0.2, -0.15) is 0 Å². The van der Waals surface area contributed by atoms with Crippen LogP contribution in [-0.4, -0.2) is 22.3 Å². The van der Waals surface area contributed by atoms with Crippen molar-refractivity contribution in [2.75, 3.05) is 0 Å². The Balaban J connectivity index is 3.16. The molecule has 0 aliphatic heterocycles. The molecular formula is C5H11NO3. The molecule has 1 unspecified atom stereocenters. The Morgan fingerprint density at radius 2 is 2.33 bits per heavy atom. The van der Waals surface area contributed by atoms with E-state index >= 15 is 0 Å². The highest BCUT2D eigenvalue weighted by Crippen LogP contribution is 1.93. The van der Waals surface area contributed by atoms with Crippen LogP contribution in [0.2, 0.25) is 0 Å². The molecule has 54 valence electrons. The lowest BCUT2D eigenvalue weighted by atomic mass is 10.2. The van der Waals surface area contributed by atoms with Crippen LogP contribution in [0.25, 0.3) is 0 Å². The maximum atomic E-state index is 9.91. The van der Waals surface area contributed by atoms with Gasteiger partial charge in [0.1, 0.15) is 0 Å². The zero-order chi connectivity index (χ0) is 7.28. The minimum Gasteiger partial charge on any atom is -0.481 e. The molecular weight excluding hydrogens is 122 g/mol. The Bertz CT molecular complexity index is 94.2. The van der Waals surface area contributed by atoms with Crippen molar-refractivity contribution in [3.05, 3.63) is 0 Å². The van der Waals surface area contributed by atoms with Gasteiger partial charge < -0.3 is 10.3 Å². The van der Waals surface area contributed by atoms with E-state index in [9.17, 15) is 4.79 Å². The standard InChI is InChI=1S/C5H11NO3/c1-4(6-9)2-3-5(7)8/h4,6,9H,2-3H2,1H3,(H,7,8). The fraction of sp³-hybridized carbons (Fsp3) is 0.800. The number of rotatable bonds is 4. The summed E-state index contributed by atoms with van der Waals surface area (Å²) >= 11 is 0. The number of carbonyl (C=O) groups is 1. The first-order valence-electron chi connectivity index (χ1n) is 2.78. The van der Waals surface area contributed by atoms with Crippen LogP contribution < -0.4 is 5.48 Å². The Labute approximate surface area is 53.5 Å². The Kier molecular flexibility index (Phi) is 4.00. The van der Waals surface area contributed by atoms with Crippen molar-refractivity contribution >= 4 is 5.97 Å². The maximum absolute atomic E-state index is 9.91. The molecule has 9 heavy (non-hydrogen) atoms. The highest BCUT2D eigenvalue weighted by molar-refractivity contribution is 5.66. The molecule has 0 fully saturated rings. The Morgan fingerprint density at radius 1 is 1.78 bits per heavy atom. The molecule has 0 spiro atoms. The molecule has 0 aromatic rings. The fourth-order valence-corrected chi connectivity index (χ4v) is 0.405. The molecule has 0 amide bonds. The van der Waals surface area contributed by atoms with E-state index < -0.39 is 5.97 Å². The molecule has 0 saturated heterocycles. The maximum Gasteiger partial charge on any atom is 0.303 e. The third-order valence-corrected chi connectivity index (χ3v) is 1.01. The fourth-order valence-electron chi connectivity index (χ4n) is 0.405. The smallest absolute Gasteiger partial charge is 0.303 e. The lowest BCUT2D eigenvalue weighted by molar-refractivity contribution is -0.137. The zero-order valence-electron chi connectivity index (χ0n) is 5.29. The predicted molar refractivity (Wildman–Crippen MR) is 31.3 cm³/mol. The molecule has 0 radical (unpaired) electrons. The van der Waals surface area contributed by atoms with Crippen LogP contribution in [0.3, 0.4) is 0 Å². The first kappa shape index (κ1) is 8.39. The van der Waals surface area contributed by atoms with Gasteiger partial charge in [-0.3, -0.25) is 4.79 Å². The van der Waals surface area contributed by atoms with E-state index in [4.69, 9.17) is 10.3 Å². The van der Waals surface area contributed by atoms with Crippen molar-refractivity contribution in [2.24, 2.45) is 0 Å². The highest BCUT2D eigenvalue weighted by Gasteiger charge is 2.01. The zero-order valence-corrected chi connectivity index (χ0v) is 5.29. The van der Waals surface area contributed by atoms with Gasteiger partial charge >= 0.3 is 5.97 Å². The molecule has 0 aromatic heterocycles. The molecule has 0 aliphatic rings. The minimum atomic E-state index is -0.836. The molecule has 4 heteroatoms. The lowest BCUT2D eigenvalue weighted by Gasteiger charge is -2.04. The molecule has 0 rings (SSSR count). The van der Waals surface area contributed by atoms with Gasteiger partial charge in [-0.15, -0.1) is 0 Å². The monoisotopic (exact) mass is 133 g/mol. The van der Waals surface area contributed by atoms with Crippen LogP contribution in [0.5, 0.6) is 0 Å². The summed E-state index contributed by atoms with van der Waals surface area (Å²) in [4.78, 5) is 9.91. The van der Waals surface area contributed by atoms with Crippen molar-refractivity contribution < 1.29 is 15.1 Å². The van der Waals surface area contributed by atoms with Crippen molar-refractivity contribution in [3.8, 4) is 0 Å². The third kappa shape index (κ3) is 5.26. The van der Waals surface area contributed by atoms with Gasteiger partial charge in [0.25, 0.3) is 0 Å². The SMILES string of the molecule is CC(CCC(=O)O)NO. The van der Waals surface area contributed by atoms with Gasteiger partial charge in [0, 0.05) is 12.5 Å². The number of carboxylic acid groups (broad SMARTS) is 1. The van der Waals surface area contributed by atoms with Crippen LogP contribution in [-0.2, 0) is 4.79 Å². The van der Waals surface area contributed by atoms with Gasteiger partial charge in [0.2, 0.25) is 0 Å². The number of nitrogens with one attached hydrogen (secondary N) is 1. The molecule has 1 atom stereocenters. The topological polar surface area (TPSA) is 69.6 Å². The number of hydrogen-bond acceptors (Lipinski definition) is 3. The second-order valence-electron chi connectivity index (χ2n) is 1.96. The first-order chi connectivity index (χ1) is 4.16. The summed E-state index contributed by atoms with van der Waals surface area (Å²) in [5.74, 6) is -0.836. The third-order valence-electron chi connectivity index (χ3n) is 1.01. The van der Waals surface area contributed by atoms with Gasteiger partial charge in [0.15, 0.2) is 0 Å². The molecule has 3 N–H and O–H groups in total. The summed E-state index contributed by atoms with van der Waals surface area (Å²) in [6, 6.07) is -0.138. The largest absolute Gasteiger partial charge is 0.481 e. The predicted octanol–water partition coefficient (Wildman–Crippen LogP) is 0.219. The Hall–Kier alpha value is -0.610. The molecule has 0 saturated carbocycles. The van der Waals surface area contributed by atoms with Gasteiger partial charge in [-0.05, 0) is 13.3 Å². The average Bonchev–Trinajstić information content (AvgIpc) is 1.83. The minimum absolute atomic E-state index is 0.0920. The summed E-state index contributed by atoms with van der Waals surface area (Å²) in [5.41, 5.74) is 1.96. The van der Waals surface area contributed by atoms with Crippen LogP contribution in [0.15, 0.2) is 0 Å². The molecule has 0 aliphatic carbocycles. The Morgan fingerprint density at radius 3 is 2.67 bits per heavy atom. The van der Waals surface area contributed by atoms with Gasteiger partial charge in [0.05, 0.1) is 0 Å². The molecule has 0 heterocycles. The summed E-state index contributed by atoms with van der Waals surface area (Å²) < 4.78 is 0.